The second-order valence-electron chi connectivity index (χ2n) is 2.81. The fourth-order valence-corrected chi connectivity index (χ4v) is 0. The van der Waals surface area contributed by atoms with Crippen molar-refractivity contribution < 1.29 is 18.9 Å². The Morgan fingerprint density at radius 1 is 1.29 bits per heavy atom. The van der Waals surface area contributed by atoms with Gasteiger partial charge in [-0.25, -0.2) is 0 Å². The summed E-state index contributed by atoms with van der Waals surface area (Å²) in [6.45, 7) is 10.8. The van der Waals surface area contributed by atoms with Crippen LogP contribution in [0.15, 0.2) is 0 Å². The molecule has 0 fully saturated rings. The van der Waals surface area contributed by atoms with Gasteiger partial charge in [-0.15, -0.1) is 0 Å². The maximum Gasteiger partial charge on any atom is 1.00 e. The predicted molar refractivity (Wildman–Crippen MR) is 33.5 cm³/mol. The predicted octanol–water partition coefficient (Wildman–Crippen LogP) is -0.837. The Hall–Kier alpha value is 0.814. The Morgan fingerprint density at radius 3 is 1.43 bits per heavy atom. The Morgan fingerprint density at radius 2 is 1.43 bits per heavy atom. The van der Waals surface area contributed by atoms with E-state index < -0.39 is 8.07 Å². The van der Waals surface area contributed by atoms with Gasteiger partial charge < -0.3 is 6.92 Å². The second-order valence-corrected chi connectivity index (χ2v) is 8.43. The summed E-state index contributed by atoms with van der Waals surface area (Å²) in [6, 6.07) is 1.16. The SMILES string of the molecule is [CH2-]C[Si](C)(C)C.[Li+]. The Kier molecular flexibility index (Phi) is 5.78. The van der Waals surface area contributed by atoms with Crippen molar-refractivity contribution >= 4 is 8.07 Å². The molecule has 0 rings (SSSR count). The van der Waals surface area contributed by atoms with Gasteiger partial charge in [0, 0.05) is 8.07 Å². The van der Waals surface area contributed by atoms with Crippen LogP contribution in [0.1, 0.15) is 0 Å². The number of hydrogen-bond acceptors (Lipinski definition) is 0. The van der Waals surface area contributed by atoms with Crippen molar-refractivity contribution in [2.75, 3.05) is 0 Å². The minimum absolute atomic E-state index is 0. The molecule has 38 valence electrons. The normalized spacial score (nSPS) is 10.3. The van der Waals surface area contributed by atoms with Gasteiger partial charge in [-0.05, 0) is 0 Å². The van der Waals surface area contributed by atoms with E-state index >= 15 is 0 Å². The van der Waals surface area contributed by atoms with Gasteiger partial charge >= 0.3 is 18.9 Å². The fourth-order valence-electron chi connectivity index (χ4n) is 0. The van der Waals surface area contributed by atoms with Crippen molar-refractivity contribution in [1.29, 1.82) is 0 Å². The van der Waals surface area contributed by atoms with Crippen molar-refractivity contribution in [2.24, 2.45) is 0 Å². The molecule has 0 bridgehead atoms. The first-order valence-corrected chi connectivity index (χ1v) is 6.06. The van der Waals surface area contributed by atoms with Crippen LogP contribution >= 0.6 is 0 Å². The van der Waals surface area contributed by atoms with E-state index in [0.717, 1.165) is 6.04 Å². The molecule has 0 atom stereocenters. The molecule has 0 heterocycles. The van der Waals surface area contributed by atoms with Crippen molar-refractivity contribution in [3.8, 4) is 0 Å². The third-order valence-corrected chi connectivity index (χ3v) is 2.25. The molecule has 0 aromatic carbocycles. The van der Waals surface area contributed by atoms with Crippen molar-refractivity contribution in [1.82, 2.24) is 0 Å². The minimum atomic E-state index is -0.742. The van der Waals surface area contributed by atoms with Crippen LogP contribution in [0.5, 0.6) is 0 Å². The average Bonchev–Trinajstić information content (AvgIpc) is 1.35. The molecule has 0 aromatic heterocycles. The summed E-state index contributed by atoms with van der Waals surface area (Å²) < 4.78 is 0. The minimum Gasteiger partial charge on any atom is -0.346 e. The molecule has 2 heteroatoms. The summed E-state index contributed by atoms with van der Waals surface area (Å²) >= 11 is 0. The standard InChI is InChI=1S/C5H13Si.Li/c1-5-6(2,3)4;/h1,5H2,2-4H3;/q-1;+1. The van der Waals surface area contributed by atoms with Crippen molar-refractivity contribution in [3.63, 3.8) is 0 Å². The molecule has 0 saturated heterocycles. The molecule has 0 N–H and O–H groups in total. The molecule has 0 aliphatic heterocycles. The molecular formula is C5H13LiSi. The molecule has 0 aliphatic rings. The van der Waals surface area contributed by atoms with Crippen LogP contribution < -0.4 is 18.9 Å². The van der Waals surface area contributed by atoms with E-state index in [2.05, 4.69) is 26.6 Å². The fraction of sp³-hybridized carbons (Fsp3) is 0.800. The summed E-state index contributed by atoms with van der Waals surface area (Å²) in [4.78, 5) is 0. The van der Waals surface area contributed by atoms with Gasteiger partial charge in [0.15, 0.2) is 0 Å². The third kappa shape index (κ3) is 10.9. The van der Waals surface area contributed by atoms with Gasteiger partial charge in [-0.1, -0.05) is 19.6 Å². The molecule has 0 spiro atoms. The molecular weight excluding hydrogens is 95.1 g/mol. The van der Waals surface area contributed by atoms with E-state index in [1.807, 2.05) is 0 Å². The van der Waals surface area contributed by atoms with Crippen LogP contribution in [0, 0.1) is 6.92 Å². The Balaban J connectivity index is 0. The van der Waals surface area contributed by atoms with E-state index in [1.54, 1.807) is 0 Å². The van der Waals surface area contributed by atoms with E-state index in [-0.39, 0.29) is 18.9 Å². The van der Waals surface area contributed by atoms with Crippen molar-refractivity contribution in [2.45, 2.75) is 25.7 Å². The van der Waals surface area contributed by atoms with Crippen LogP contribution in [-0.4, -0.2) is 8.07 Å². The first-order chi connectivity index (χ1) is 2.56. The molecule has 0 saturated carbocycles. The van der Waals surface area contributed by atoms with Crippen LogP contribution in [-0.2, 0) is 0 Å². The van der Waals surface area contributed by atoms with Gasteiger partial charge in [0.2, 0.25) is 0 Å². The first kappa shape index (κ1) is 10.7. The van der Waals surface area contributed by atoms with Crippen LogP contribution in [0.4, 0.5) is 0 Å². The number of hydrogen-bond donors (Lipinski definition) is 0. The summed E-state index contributed by atoms with van der Waals surface area (Å²) in [7, 11) is -0.742. The zero-order valence-corrected chi connectivity index (χ0v) is 6.91. The maximum atomic E-state index is 3.82. The summed E-state index contributed by atoms with van der Waals surface area (Å²) in [5, 5.41) is 0. The molecule has 0 nitrogen and oxygen atoms in total. The second kappa shape index (κ2) is 3.77. The Labute approximate surface area is 59.9 Å². The monoisotopic (exact) mass is 108 g/mol. The zero-order valence-electron chi connectivity index (χ0n) is 5.91. The molecule has 0 aliphatic carbocycles. The van der Waals surface area contributed by atoms with E-state index in [0.29, 0.717) is 0 Å². The van der Waals surface area contributed by atoms with Crippen LogP contribution in [0.3, 0.4) is 0 Å². The summed E-state index contributed by atoms with van der Waals surface area (Å²) in [5.41, 5.74) is 0. The van der Waals surface area contributed by atoms with Crippen LogP contribution in [0.2, 0.25) is 25.7 Å². The van der Waals surface area contributed by atoms with Crippen molar-refractivity contribution in [3.05, 3.63) is 6.92 Å². The smallest absolute Gasteiger partial charge is 0.346 e. The molecule has 7 heavy (non-hydrogen) atoms. The third-order valence-electron chi connectivity index (χ3n) is 0.750. The molecule has 0 radical (unpaired) electrons. The largest absolute Gasteiger partial charge is 1.00 e. The van der Waals surface area contributed by atoms with E-state index in [4.69, 9.17) is 0 Å². The summed E-state index contributed by atoms with van der Waals surface area (Å²) in [6.07, 6.45) is 0. The van der Waals surface area contributed by atoms with Gasteiger partial charge in [0.1, 0.15) is 0 Å². The quantitative estimate of drug-likeness (QED) is 0.303. The zero-order chi connectivity index (χ0) is 5.21. The van der Waals surface area contributed by atoms with Crippen LogP contribution in [0.25, 0.3) is 0 Å². The molecule has 0 aromatic rings. The molecule has 0 amide bonds. The molecule has 0 unspecified atom stereocenters. The maximum absolute atomic E-state index is 3.82. The van der Waals surface area contributed by atoms with Gasteiger partial charge in [-0.3, -0.25) is 0 Å². The topological polar surface area (TPSA) is 0 Å². The van der Waals surface area contributed by atoms with Gasteiger partial charge in [-0.2, -0.15) is 6.04 Å². The average molecular weight is 108 g/mol. The Bertz CT molecular complexity index is 37.8. The van der Waals surface area contributed by atoms with E-state index in [1.165, 1.54) is 0 Å². The number of rotatable bonds is 1. The first-order valence-electron chi connectivity index (χ1n) is 2.35. The van der Waals surface area contributed by atoms with Gasteiger partial charge in [0.05, 0.1) is 0 Å². The van der Waals surface area contributed by atoms with E-state index in [9.17, 15) is 0 Å². The van der Waals surface area contributed by atoms with Gasteiger partial charge in [0.25, 0.3) is 0 Å². The summed E-state index contributed by atoms with van der Waals surface area (Å²) in [5.74, 6) is 0.